The second-order valence-electron chi connectivity index (χ2n) is 5.33. The maximum Gasteiger partial charge on any atom is 0.129 e. The Balaban J connectivity index is 1.64. The first-order chi connectivity index (χ1) is 8.74. The van der Waals surface area contributed by atoms with Crippen molar-refractivity contribution in [2.75, 3.05) is 19.6 Å². The molecule has 1 atom stereocenters. The smallest absolute Gasteiger partial charge is 0.129 e. The zero-order chi connectivity index (χ0) is 12.5. The van der Waals surface area contributed by atoms with Crippen LogP contribution in [0.15, 0.2) is 18.2 Å². The number of halogens is 2. The largest absolute Gasteiger partial charge is 0.308 e. The molecule has 2 bridgehead atoms. The Morgan fingerprint density at radius 2 is 2.11 bits per heavy atom. The van der Waals surface area contributed by atoms with Gasteiger partial charge in [0.1, 0.15) is 5.82 Å². The molecule has 0 amide bonds. The third-order valence-electron chi connectivity index (χ3n) is 4.26. The van der Waals surface area contributed by atoms with Gasteiger partial charge in [0.2, 0.25) is 0 Å². The normalized spacial score (nSPS) is 30.7. The number of hydrogen-bond donors (Lipinski definition) is 1. The van der Waals surface area contributed by atoms with Crippen LogP contribution in [-0.4, -0.2) is 30.6 Å². The molecule has 4 rings (SSSR count). The average Bonchev–Trinajstić information content (AvgIpc) is 2.39. The van der Waals surface area contributed by atoms with E-state index in [4.69, 9.17) is 11.6 Å². The van der Waals surface area contributed by atoms with Gasteiger partial charge in [-0.25, -0.2) is 4.39 Å². The van der Waals surface area contributed by atoms with E-state index < -0.39 is 0 Å². The Kier molecular flexibility index (Phi) is 3.55. The van der Waals surface area contributed by atoms with E-state index in [9.17, 15) is 4.39 Å². The molecule has 18 heavy (non-hydrogen) atoms. The summed E-state index contributed by atoms with van der Waals surface area (Å²) in [6.07, 6.45) is 2.53. The molecule has 2 nitrogen and oxygen atoms in total. The Morgan fingerprint density at radius 1 is 1.33 bits per heavy atom. The molecule has 0 spiro atoms. The van der Waals surface area contributed by atoms with E-state index in [-0.39, 0.29) is 5.82 Å². The first-order valence-corrected chi connectivity index (χ1v) is 7.00. The third-order valence-corrected chi connectivity index (χ3v) is 4.61. The van der Waals surface area contributed by atoms with Gasteiger partial charge in [0.15, 0.2) is 0 Å². The van der Waals surface area contributed by atoms with Crippen molar-refractivity contribution in [1.29, 1.82) is 0 Å². The number of nitrogens with one attached hydrogen (secondary N) is 1. The number of rotatable bonds is 3. The fourth-order valence-corrected chi connectivity index (χ4v) is 3.36. The molecule has 4 heteroatoms. The van der Waals surface area contributed by atoms with Crippen molar-refractivity contribution in [3.63, 3.8) is 0 Å². The van der Waals surface area contributed by atoms with Crippen molar-refractivity contribution in [2.24, 2.45) is 5.92 Å². The van der Waals surface area contributed by atoms with Crippen LogP contribution in [0.1, 0.15) is 18.4 Å². The van der Waals surface area contributed by atoms with Gasteiger partial charge in [-0.05, 0) is 44.0 Å². The second kappa shape index (κ2) is 5.16. The first-order valence-electron chi connectivity index (χ1n) is 6.62. The Morgan fingerprint density at radius 3 is 2.72 bits per heavy atom. The van der Waals surface area contributed by atoms with E-state index >= 15 is 0 Å². The molecule has 3 fully saturated rings. The van der Waals surface area contributed by atoms with E-state index in [1.54, 1.807) is 12.1 Å². The van der Waals surface area contributed by atoms with Gasteiger partial charge in [-0.2, -0.15) is 0 Å². The highest BCUT2D eigenvalue weighted by molar-refractivity contribution is 6.31. The van der Waals surface area contributed by atoms with Crippen LogP contribution in [0, 0.1) is 11.7 Å². The molecule has 3 aliphatic heterocycles. The van der Waals surface area contributed by atoms with Crippen molar-refractivity contribution < 1.29 is 4.39 Å². The minimum absolute atomic E-state index is 0.212. The summed E-state index contributed by atoms with van der Waals surface area (Å²) in [6, 6.07) is 5.36. The van der Waals surface area contributed by atoms with Gasteiger partial charge in [0, 0.05) is 29.7 Å². The second-order valence-corrected chi connectivity index (χ2v) is 5.73. The highest BCUT2D eigenvalue weighted by atomic mass is 35.5. The number of piperidine rings is 3. The topological polar surface area (TPSA) is 15.3 Å². The summed E-state index contributed by atoms with van der Waals surface area (Å²) in [5.74, 6) is 0.539. The van der Waals surface area contributed by atoms with Gasteiger partial charge >= 0.3 is 0 Å². The molecule has 1 aromatic rings. The van der Waals surface area contributed by atoms with Crippen molar-refractivity contribution >= 4 is 11.6 Å². The van der Waals surface area contributed by atoms with Gasteiger partial charge in [-0.3, -0.25) is 0 Å². The minimum atomic E-state index is -0.212. The summed E-state index contributed by atoms with van der Waals surface area (Å²) in [5.41, 5.74) is 0.593. The highest BCUT2D eigenvalue weighted by Crippen LogP contribution is 2.28. The van der Waals surface area contributed by atoms with Crippen LogP contribution in [0.25, 0.3) is 0 Å². The number of benzene rings is 1. The lowest BCUT2D eigenvalue weighted by molar-refractivity contribution is 0.0719. The molecule has 0 unspecified atom stereocenters. The Bertz CT molecular complexity index is 410. The van der Waals surface area contributed by atoms with Crippen molar-refractivity contribution in [3.8, 4) is 0 Å². The Hall–Kier alpha value is -0.640. The molecule has 3 saturated heterocycles. The highest BCUT2D eigenvalue weighted by Gasteiger charge is 2.33. The summed E-state index contributed by atoms with van der Waals surface area (Å²) in [5, 5.41) is 4.00. The molecule has 0 saturated carbocycles. The number of hydrogen-bond acceptors (Lipinski definition) is 2. The van der Waals surface area contributed by atoms with Crippen molar-refractivity contribution in [3.05, 3.63) is 34.6 Å². The zero-order valence-corrected chi connectivity index (χ0v) is 11.1. The first kappa shape index (κ1) is 12.4. The van der Waals surface area contributed by atoms with Gasteiger partial charge in [-0.15, -0.1) is 0 Å². The van der Waals surface area contributed by atoms with Crippen LogP contribution < -0.4 is 5.32 Å². The average molecular weight is 269 g/mol. The molecule has 3 heterocycles. The molecular formula is C14H18ClFN2. The van der Waals surface area contributed by atoms with Crippen LogP contribution in [0.2, 0.25) is 5.02 Å². The zero-order valence-electron chi connectivity index (χ0n) is 10.3. The summed E-state index contributed by atoms with van der Waals surface area (Å²) in [7, 11) is 0. The quantitative estimate of drug-likeness (QED) is 0.907. The van der Waals surface area contributed by atoms with E-state index in [1.807, 2.05) is 0 Å². The summed E-state index contributed by atoms with van der Waals surface area (Å²) in [6.45, 7) is 4.07. The molecule has 1 aromatic carbocycles. The summed E-state index contributed by atoms with van der Waals surface area (Å²) < 4.78 is 13.7. The SMILES string of the molecule is Fc1cccc(Cl)c1CN[C@H]1CN2CCC1CC2. The van der Waals surface area contributed by atoms with E-state index in [0.717, 1.165) is 12.5 Å². The lowest BCUT2D eigenvalue weighted by Crippen LogP contribution is -2.55. The van der Waals surface area contributed by atoms with Crippen molar-refractivity contribution in [1.82, 2.24) is 10.2 Å². The van der Waals surface area contributed by atoms with Crippen LogP contribution in [0.4, 0.5) is 4.39 Å². The molecule has 0 aromatic heterocycles. The minimum Gasteiger partial charge on any atom is -0.308 e. The fraction of sp³-hybridized carbons (Fsp3) is 0.571. The molecule has 0 radical (unpaired) electrons. The van der Waals surface area contributed by atoms with Gasteiger partial charge in [0.05, 0.1) is 0 Å². The molecule has 0 aliphatic carbocycles. The van der Waals surface area contributed by atoms with E-state index in [1.165, 1.54) is 32.0 Å². The predicted octanol–water partition coefficient (Wildman–Crippen LogP) is 2.66. The number of fused-ring (bicyclic) bond motifs is 3. The maximum atomic E-state index is 13.7. The van der Waals surface area contributed by atoms with E-state index in [2.05, 4.69) is 10.2 Å². The van der Waals surface area contributed by atoms with Gasteiger partial charge < -0.3 is 10.2 Å². The van der Waals surface area contributed by atoms with Crippen LogP contribution in [0.5, 0.6) is 0 Å². The Labute approximate surface area is 112 Å². The van der Waals surface area contributed by atoms with E-state index in [0.29, 0.717) is 23.2 Å². The van der Waals surface area contributed by atoms with Crippen LogP contribution in [0.3, 0.4) is 0 Å². The lowest BCUT2D eigenvalue weighted by atomic mass is 9.84. The molecule has 3 aliphatic rings. The van der Waals surface area contributed by atoms with Crippen LogP contribution >= 0.6 is 11.6 Å². The standard InChI is InChI=1S/C14H18ClFN2/c15-12-2-1-3-13(16)11(12)8-17-14-9-18-6-4-10(14)5-7-18/h1-3,10,14,17H,4-9H2/t14-/m0/s1. The summed E-state index contributed by atoms with van der Waals surface area (Å²) >= 11 is 6.04. The monoisotopic (exact) mass is 268 g/mol. The maximum absolute atomic E-state index is 13.7. The van der Waals surface area contributed by atoms with Crippen LogP contribution in [-0.2, 0) is 6.54 Å². The predicted molar refractivity (Wildman–Crippen MR) is 71.2 cm³/mol. The summed E-state index contributed by atoms with van der Waals surface area (Å²) in [4.78, 5) is 2.49. The molecular weight excluding hydrogens is 251 g/mol. The van der Waals surface area contributed by atoms with Gasteiger partial charge in [-0.1, -0.05) is 17.7 Å². The number of nitrogens with zero attached hydrogens (tertiary/aromatic N) is 1. The van der Waals surface area contributed by atoms with Crippen molar-refractivity contribution in [2.45, 2.75) is 25.4 Å². The molecule has 1 N–H and O–H groups in total. The fourth-order valence-electron chi connectivity index (χ4n) is 3.13. The van der Waals surface area contributed by atoms with Gasteiger partial charge in [0.25, 0.3) is 0 Å². The lowest BCUT2D eigenvalue weighted by Gasteiger charge is -2.45. The molecule has 98 valence electrons. The third kappa shape index (κ3) is 2.40.